The average molecular weight is 1310 g/mol. The maximum Gasteiger partial charge on any atom is 0.495 e. The highest BCUT2D eigenvalue weighted by Crippen LogP contribution is 2.39. The summed E-state index contributed by atoms with van der Waals surface area (Å²) >= 11 is 8.41. The average Bonchev–Trinajstić information content (AvgIpc) is 1.89. The van der Waals surface area contributed by atoms with E-state index in [9.17, 15) is 4.39 Å². The quantitative estimate of drug-likeness (QED) is 0.140. The van der Waals surface area contributed by atoms with E-state index in [0.29, 0.717) is 61.9 Å². The Morgan fingerprint density at radius 3 is 1.37 bits per heavy atom. The Morgan fingerprint density at radius 1 is 0.315 bits per heavy atom. The molecule has 0 atom stereocenters. The summed E-state index contributed by atoms with van der Waals surface area (Å²) in [5.74, 6) is 3.65. The summed E-state index contributed by atoms with van der Waals surface area (Å²) in [6.45, 7) is 2.00. The van der Waals surface area contributed by atoms with Gasteiger partial charge in [0.1, 0.15) is 90.4 Å². The normalized spacial score (nSPS) is 11.0. The molecule has 92 heavy (non-hydrogen) atoms. The third kappa shape index (κ3) is 12.2. The van der Waals surface area contributed by atoms with Crippen molar-refractivity contribution in [2.45, 2.75) is 6.92 Å². The minimum absolute atomic E-state index is 0.381. The molecule has 0 spiro atoms. The van der Waals surface area contributed by atoms with Gasteiger partial charge in [0.25, 0.3) is 0 Å². The fourth-order valence-corrected chi connectivity index (χ4v) is 11.5. The van der Waals surface area contributed by atoms with Gasteiger partial charge in [-0.3, -0.25) is 24.9 Å². The Kier molecular flexibility index (Phi) is 18.4. The minimum atomic E-state index is -0.381. The lowest BCUT2D eigenvalue weighted by Crippen LogP contribution is -1.89. The molecule has 438 valence electrons. The first-order chi connectivity index (χ1) is 45.2. The zero-order valence-corrected chi connectivity index (χ0v) is 56.7. The first-order valence-electron chi connectivity index (χ1n) is 27.3. The van der Waals surface area contributed by atoms with E-state index in [0.717, 1.165) is 111 Å². The van der Waals surface area contributed by atoms with E-state index in [1.807, 2.05) is 79.7 Å². The monoisotopic (exact) mass is 1310 g/mol. The molecule has 18 rings (SSSR count). The van der Waals surface area contributed by atoms with Gasteiger partial charge in [-0.05, 0) is 91.3 Å². The number of halogens is 1. The second kappa shape index (κ2) is 27.6. The molecule has 0 fully saturated rings. The maximum atomic E-state index is 13.3. The van der Waals surface area contributed by atoms with Crippen molar-refractivity contribution in [3.63, 3.8) is 0 Å². The van der Waals surface area contributed by atoms with Crippen LogP contribution in [0.15, 0.2) is 204 Å². The summed E-state index contributed by atoms with van der Waals surface area (Å²) in [4.78, 5) is 45.6. The van der Waals surface area contributed by atoms with Crippen molar-refractivity contribution in [2.75, 3.05) is 0 Å². The summed E-state index contributed by atoms with van der Waals surface area (Å²) in [6, 6.07) is 30.6. The molecule has 18 aromatic rings. The van der Waals surface area contributed by atoms with E-state index in [4.69, 9.17) is 49.2 Å². The van der Waals surface area contributed by atoms with Crippen molar-refractivity contribution >= 4 is 232 Å². The van der Waals surface area contributed by atoms with Crippen LogP contribution < -0.4 is 22.7 Å². The van der Waals surface area contributed by atoms with Crippen molar-refractivity contribution in [1.29, 1.82) is 0 Å². The predicted molar refractivity (Wildman–Crippen MR) is 349 cm³/mol. The van der Waals surface area contributed by atoms with Gasteiger partial charge in [-0.25, -0.2) is 34.3 Å². The fourth-order valence-electron chi connectivity index (χ4n) is 10.1. The SMILES string of the molecule is Cc1cc([O][AlH])c2c(c1)oc1cncnc12.Fc1cc([O][AlH])c2c(c1)oc1cccnc12.[AlH][O]c1cccc2oc3cncnc3c12.[AlH][O]c1ccnc2oc3cccnc3c12.[AlH][O]c1cncc2oc3cccnc3c12.[AlH][O]c1nccc2oc3cccnc3c12. The second-order valence-corrected chi connectivity index (χ2v) is 21.1. The third-order valence-corrected chi connectivity index (χ3v) is 15.8. The van der Waals surface area contributed by atoms with Crippen molar-refractivity contribution in [3.8, 4) is 34.6 Å². The van der Waals surface area contributed by atoms with Gasteiger partial charge in [0, 0.05) is 55.4 Å². The molecule has 15 aromatic heterocycles. The molecule has 30 heteroatoms. The lowest BCUT2D eigenvalue weighted by Gasteiger charge is -2.04. The zero-order chi connectivity index (χ0) is 63.2. The van der Waals surface area contributed by atoms with Gasteiger partial charge in [-0.15, -0.1) is 0 Å². The number of fused-ring (bicyclic) bond motifs is 18. The number of aryl methyl sites for hydroxylation is 1. The van der Waals surface area contributed by atoms with Crippen LogP contribution in [-0.4, -0.2) is 155 Å². The number of aromatic nitrogens is 11. The first-order valence-corrected chi connectivity index (χ1v) is 30.7. The highest BCUT2D eigenvalue weighted by Gasteiger charge is 2.18. The van der Waals surface area contributed by atoms with Crippen molar-refractivity contribution in [2.24, 2.45) is 0 Å². The van der Waals surface area contributed by atoms with Crippen LogP contribution in [0.3, 0.4) is 0 Å². The van der Waals surface area contributed by atoms with E-state index in [2.05, 4.69) is 54.8 Å². The Labute approximate surface area is 566 Å². The molecule has 0 saturated carbocycles. The molecule has 15 heterocycles. The van der Waals surface area contributed by atoms with Crippen LogP contribution in [0, 0.1) is 12.7 Å². The number of nitrogens with zero attached hydrogens (tertiary/aromatic N) is 11. The van der Waals surface area contributed by atoms with E-state index >= 15 is 0 Å². The van der Waals surface area contributed by atoms with E-state index in [-0.39, 0.29) is 5.82 Å². The van der Waals surface area contributed by atoms with Crippen LogP contribution in [0.25, 0.3) is 133 Å². The highest BCUT2D eigenvalue weighted by atomic mass is 27.1. The topological polar surface area (TPSA) is 276 Å². The van der Waals surface area contributed by atoms with Gasteiger partial charge in [0.15, 0.2) is 45.0 Å². The number of hydrogen-bond acceptors (Lipinski definition) is 23. The number of benzene rings is 3. The van der Waals surface area contributed by atoms with Gasteiger partial charge in [-0.1, -0.05) is 6.07 Å². The Bertz CT molecular complexity index is 5120. The summed E-state index contributed by atoms with van der Waals surface area (Å²) in [5.41, 5.74) is 14.0. The fraction of sp³-hybridized carbons (Fsp3) is 0.0161. The number of rotatable bonds is 6. The predicted octanol–water partition coefficient (Wildman–Crippen LogP) is 10.5. The Morgan fingerprint density at radius 2 is 0.761 bits per heavy atom. The molecule has 23 nitrogen and oxygen atoms in total. The third-order valence-electron chi connectivity index (χ3n) is 13.9. The van der Waals surface area contributed by atoms with Gasteiger partial charge >= 0.3 is 99.7 Å². The number of furan rings is 6. The molecular weight excluding hydrogens is 1270 g/mol. The van der Waals surface area contributed by atoms with Gasteiger partial charge in [0.05, 0.1) is 69.3 Å². The van der Waals surface area contributed by atoms with Gasteiger partial charge in [-0.2, -0.15) is 0 Å². The molecule has 6 radical (unpaired) electrons. The summed E-state index contributed by atoms with van der Waals surface area (Å²) in [7, 11) is 0. The molecule has 0 aliphatic carbocycles. The Balaban J connectivity index is 0.000000101. The zero-order valence-electron chi connectivity index (χ0n) is 48.2. The van der Waals surface area contributed by atoms with Crippen LogP contribution in [0.1, 0.15) is 5.56 Å². The number of hydrogen-bond donors (Lipinski definition) is 0. The molecule has 0 bridgehead atoms. The maximum absolute atomic E-state index is 13.3. The molecule has 3 aromatic carbocycles. The van der Waals surface area contributed by atoms with E-state index < -0.39 is 0 Å². The molecular formula is C62H38Al6FN11O12. The summed E-state index contributed by atoms with van der Waals surface area (Å²) < 4.78 is 78.4. The molecule has 0 aliphatic rings. The van der Waals surface area contributed by atoms with Crippen LogP contribution >= 0.6 is 0 Å². The van der Waals surface area contributed by atoms with Gasteiger partial charge in [0.2, 0.25) is 5.71 Å². The molecule has 0 unspecified atom stereocenters. The molecule has 0 saturated heterocycles. The first kappa shape index (κ1) is 61.5. The van der Waals surface area contributed by atoms with Gasteiger partial charge < -0.3 is 49.2 Å². The standard InChI is InChI=1S/C11H6FNO2.C11H8N2O2.4C10H6N2O2.6Al.6H/c12-6-4-7(14)10-9(5-6)15-8-2-1-3-13-11(8)10;1-6-2-7(14)10-8(3-6)15-9-4-12-5-13-11(9)10;13-10-8-6(3-5-12-10)14-7-2-1-4-11-9(7)8;13-6-3-5-12-10-8(6)9-7(14-10)2-1-4-11-9;13-6-4-11-5-8-9(6)10-7(14-8)2-1-3-12-10;13-6-2-1-3-7-9(6)10-8(14-7)4-11-5-12-10;;;;;;;;;;;;/h1-5,14H;2-5,14H,1H3;2*1-5H,(H,12,13);2*1-5,13H;;;;;;;;;;;;/q;;;;;;6*+1;;;;;;/p-6. The summed E-state index contributed by atoms with van der Waals surface area (Å²) in [6.07, 6.45) is 19.9. The van der Waals surface area contributed by atoms with Crippen molar-refractivity contribution < 1.29 is 53.6 Å². The highest BCUT2D eigenvalue weighted by molar-refractivity contribution is 6.13. The van der Waals surface area contributed by atoms with Crippen LogP contribution in [-0.2, 0) is 0 Å². The number of pyridine rings is 7. The summed E-state index contributed by atoms with van der Waals surface area (Å²) in [5, 5.41) is 5.09. The lowest BCUT2D eigenvalue weighted by molar-refractivity contribution is 0.586. The Hall–Kier alpha value is -9.41. The van der Waals surface area contributed by atoms with E-state index in [1.54, 1.807) is 80.2 Å². The molecule has 0 aliphatic heterocycles. The molecule has 0 N–H and O–H groups in total. The van der Waals surface area contributed by atoms with Crippen molar-refractivity contribution in [3.05, 3.63) is 189 Å². The van der Waals surface area contributed by atoms with Crippen LogP contribution in [0.5, 0.6) is 34.6 Å². The largest absolute Gasteiger partial charge is 0.650 e. The smallest absolute Gasteiger partial charge is 0.495 e. The molecule has 0 amide bonds. The van der Waals surface area contributed by atoms with Crippen LogP contribution in [0.2, 0.25) is 0 Å². The van der Waals surface area contributed by atoms with E-state index in [1.165, 1.54) is 125 Å². The van der Waals surface area contributed by atoms with Crippen LogP contribution in [0.4, 0.5) is 4.39 Å². The van der Waals surface area contributed by atoms with Crippen molar-refractivity contribution in [1.82, 2.24) is 54.8 Å². The minimum Gasteiger partial charge on any atom is -0.650 e. The lowest BCUT2D eigenvalue weighted by atomic mass is 10.1. The second-order valence-electron chi connectivity index (χ2n) is 19.4.